The molecule has 2 N–H and O–H groups in total. The van der Waals surface area contributed by atoms with E-state index in [9.17, 15) is 0 Å². The van der Waals surface area contributed by atoms with Crippen LogP contribution in [-0.2, 0) is 4.74 Å². The van der Waals surface area contributed by atoms with E-state index in [1.165, 1.54) is 12.8 Å². The molecule has 2 saturated heterocycles. The van der Waals surface area contributed by atoms with Crippen molar-refractivity contribution in [3.8, 4) is 0 Å². The summed E-state index contributed by atoms with van der Waals surface area (Å²) in [6.07, 6.45) is 2.80. The highest BCUT2D eigenvalue weighted by Gasteiger charge is 2.30. The summed E-state index contributed by atoms with van der Waals surface area (Å²) in [6, 6.07) is 0.638. The van der Waals surface area contributed by atoms with Gasteiger partial charge >= 0.3 is 0 Å². The van der Waals surface area contributed by atoms with Gasteiger partial charge in [-0.3, -0.25) is 4.90 Å². The Morgan fingerprint density at radius 1 is 1.47 bits per heavy atom. The molecule has 2 heterocycles. The molecule has 0 amide bonds. The minimum Gasteiger partial charge on any atom is -0.394 e. The Labute approximate surface area is 91.6 Å². The van der Waals surface area contributed by atoms with Gasteiger partial charge in [0.25, 0.3) is 0 Å². The van der Waals surface area contributed by atoms with Gasteiger partial charge in [0.1, 0.15) is 0 Å². The lowest BCUT2D eigenvalue weighted by molar-refractivity contribution is -0.107. The quantitative estimate of drug-likeness (QED) is 0.669. The number of ether oxygens (including phenoxy) is 1. The lowest BCUT2D eigenvalue weighted by Crippen LogP contribution is -2.55. The largest absolute Gasteiger partial charge is 0.394 e. The summed E-state index contributed by atoms with van der Waals surface area (Å²) in [5, 5.41) is 12.6. The van der Waals surface area contributed by atoms with Crippen LogP contribution in [0, 0.1) is 0 Å². The summed E-state index contributed by atoms with van der Waals surface area (Å²) in [6.45, 7) is 6.35. The van der Waals surface area contributed by atoms with E-state index < -0.39 is 0 Å². The molecule has 0 saturated carbocycles. The second-order valence-corrected chi connectivity index (χ2v) is 4.71. The molecule has 3 atom stereocenters. The average molecular weight is 214 g/mol. The SMILES string of the molecule is CC1CN(C2CCCNC2)CC(CO)O1. The van der Waals surface area contributed by atoms with Crippen molar-refractivity contribution < 1.29 is 9.84 Å². The standard InChI is InChI=1S/C11H22N2O2/c1-9-6-13(7-11(8-14)15-9)10-3-2-4-12-5-10/h9-12,14H,2-8H2,1H3. The smallest absolute Gasteiger partial charge is 0.0936 e. The van der Waals surface area contributed by atoms with E-state index in [-0.39, 0.29) is 18.8 Å². The van der Waals surface area contributed by atoms with Crippen molar-refractivity contribution in [2.75, 3.05) is 32.8 Å². The van der Waals surface area contributed by atoms with Crippen LogP contribution in [0.25, 0.3) is 0 Å². The highest BCUT2D eigenvalue weighted by Crippen LogP contribution is 2.17. The van der Waals surface area contributed by atoms with Crippen LogP contribution < -0.4 is 5.32 Å². The summed E-state index contributed by atoms with van der Waals surface area (Å²) in [7, 11) is 0. The van der Waals surface area contributed by atoms with Crippen LogP contribution in [0.5, 0.6) is 0 Å². The van der Waals surface area contributed by atoms with Crippen LogP contribution in [0.2, 0.25) is 0 Å². The Balaban J connectivity index is 1.89. The molecule has 0 bridgehead atoms. The molecule has 88 valence electrons. The maximum atomic E-state index is 9.16. The molecule has 15 heavy (non-hydrogen) atoms. The molecule has 2 aliphatic heterocycles. The maximum Gasteiger partial charge on any atom is 0.0936 e. The third-order valence-electron chi connectivity index (χ3n) is 3.35. The summed E-state index contributed by atoms with van der Waals surface area (Å²) in [4.78, 5) is 2.47. The topological polar surface area (TPSA) is 44.7 Å². The number of aliphatic hydroxyl groups is 1. The molecule has 2 fully saturated rings. The first-order valence-corrected chi connectivity index (χ1v) is 6.00. The van der Waals surface area contributed by atoms with Crippen molar-refractivity contribution in [1.82, 2.24) is 10.2 Å². The highest BCUT2D eigenvalue weighted by molar-refractivity contribution is 4.84. The van der Waals surface area contributed by atoms with Crippen molar-refractivity contribution in [3.63, 3.8) is 0 Å². The van der Waals surface area contributed by atoms with Crippen LogP contribution in [0.15, 0.2) is 0 Å². The molecule has 4 heteroatoms. The molecule has 0 aromatic heterocycles. The van der Waals surface area contributed by atoms with Crippen molar-refractivity contribution in [2.45, 2.75) is 38.0 Å². The van der Waals surface area contributed by atoms with Gasteiger partial charge in [-0.1, -0.05) is 0 Å². The van der Waals surface area contributed by atoms with Crippen LogP contribution in [0.4, 0.5) is 0 Å². The molecule has 4 nitrogen and oxygen atoms in total. The zero-order valence-electron chi connectivity index (χ0n) is 9.48. The lowest BCUT2D eigenvalue weighted by atomic mass is 10.0. The molecular formula is C11H22N2O2. The van der Waals surface area contributed by atoms with E-state index in [1.807, 2.05) is 0 Å². The Bertz CT molecular complexity index is 195. The van der Waals surface area contributed by atoms with Gasteiger partial charge in [0.15, 0.2) is 0 Å². The van der Waals surface area contributed by atoms with Crippen LogP contribution in [-0.4, -0.2) is 61.0 Å². The predicted molar refractivity (Wildman–Crippen MR) is 58.9 cm³/mol. The van der Waals surface area contributed by atoms with Crippen molar-refractivity contribution in [2.24, 2.45) is 0 Å². The number of nitrogens with one attached hydrogen (secondary N) is 1. The first-order valence-electron chi connectivity index (χ1n) is 6.00. The van der Waals surface area contributed by atoms with Gasteiger partial charge in [0.2, 0.25) is 0 Å². The number of hydrogen-bond acceptors (Lipinski definition) is 4. The number of nitrogens with zero attached hydrogens (tertiary/aromatic N) is 1. The van der Waals surface area contributed by atoms with E-state index in [1.54, 1.807) is 0 Å². The fraction of sp³-hybridized carbons (Fsp3) is 1.00. The number of morpholine rings is 1. The third kappa shape index (κ3) is 2.91. The molecule has 2 rings (SSSR count). The van der Waals surface area contributed by atoms with E-state index in [4.69, 9.17) is 9.84 Å². The third-order valence-corrected chi connectivity index (χ3v) is 3.35. The maximum absolute atomic E-state index is 9.16. The van der Waals surface area contributed by atoms with Crippen LogP contribution in [0.1, 0.15) is 19.8 Å². The fourth-order valence-corrected chi connectivity index (χ4v) is 2.62. The van der Waals surface area contributed by atoms with E-state index in [0.717, 1.165) is 26.2 Å². The van der Waals surface area contributed by atoms with Gasteiger partial charge in [-0.05, 0) is 26.3 Å². The van der Waals surface area contributed by atoms with Crippen LogP contribution >= 0.6 is 0 Å². The molecular weight excluding hydrogens is 192 g/mol. The Morgan fingerprint density at radius 3 is 3.00 bits per heavy atom. The summed E-state index contributed by atoms with van der Waals surface area (Å²) in [5.74, 6) is 0. The minimum atomic E-state index is 0.00989. The Kier molecular flexibility index (Phi) is 3.97. The number of hydrogen-bond donors (Lipinski definition) is 2. The number of aliphatic hydroxyl groups excluding tert-OH is 1. The monoisotopic (exact) mass is 214 g/mol. The van der Waals surface area contributed by atoms with Gasteiger partial charge in [-0.2, -0.15) is 0 Å². The Morgan fingerprint density at radius 2 is 2.33 bits per heavy atom. The highest BCUT2D eigenvalue weighted by atomic mass is 16.5. The van der Waals surface area contributed by atoms with Gasteiger partial charge in [0, 0.05) is 25.7 Å². The molecule has 0 aliphatic carbocycles. The summed E-state index contributed by atoms with van der Waals surface area (Å²) in [5.41, 5.74) is 0. The van der Waals surface area contributed by atoms with Crippen molar-refractivity contribution in [3.05, 3.63) is 0 Å². The average Bonchev–Trinajstić information content (AvgIpc) is 2.29. The van der Waals surface area contributed by atoms with E-state index in [0.29, 0.717) is 6.04 Å². The second-order valence-electron chi connectivity index (χ2n) is 4.71. The van der Waals surface area contributed by atoms with E-state index in [2.05, 4.69) is 17.1 Å². The first-order chi connectivity index (χ1) is 7.29. The number of piperidine rings is 1. The van der Waals surface area contributed by atoms with E-state index >= 15 is 0 Å². The zero-order valence-corrected chi connectivity index (χ0v) is 9.48. The minimum absolute atomic E-state index is 0.00989. The predicted octanol–water partition coefficient (Wildman–Crippen LogP) is -0.180. The summed E-state index contributed by atoms with van der Waals surface area (Å²) >= 11 is 0. The van der Waals surface area contributed by atoms with Crippen molar-refractivity contribution in [1.29, 1.82) is 0 Å². The first kappa shape index (κ1) is 11.3. The molecule has 0 aromatic rings. The van der Waals surface area contributed by atoms with Crippen LogP contribution in [0.3, 0.4) is 0 Å². The van der Waals surface area contributed by atoms with Gasteiger partial charge in [-0.25, -0.2) is 0 Å². The lowest BCUT2D eigenvalue weighted by Gasteiger charge is -2.42. The Hall–Kier alpha value is -0.160. The molecule has 0 spiro atoms. The molecule has 0 radical (unpaired) electrons. The van der Waals surface area contributed by atoms with Gasteiger partial charge in [-0.15, -0.1) is 0 Å². The number of rotatable bonds is 2. The fourth-order valence-electron chi connectivity index (χ4n) is 2.62. The molecule has 3 unspecified atom stereocenters. The zero-order chi connectivity index (χ0) is 10.7. The second kappa shape index (κ2) is 5.25. The van der Waals surface area contributed by atoms with Gasteiger partial charge in [0.05, 0.1) is 18.8 Å². The van der Waals surface area contributed by atoms with Gasteiger partial charge < -0.3 is 15.2 Å². The van der Waals surface area contributed by atoms with Crippen molar-refractivity contribution >= 4 is 0 Å². The normalized spacial score (nSPS) is 39.2. The summed E-state index contributed by atoms with van der Waals surface area (Å²) < 4.78 is 5.64. The molecule has 0 aromatic carbocycles. The molecule has 2 aliphatic rings.